The van der Waals surface area contributed by atoms with Crippen LogP contribution in [0, 0.1) is 5.41 Å². The van der Waals surface area contributed by atoms with Crippen molar-refractivity contribution in [3.63, 3.8) is 0 Å². The van der Waals surface area contributed by atoms with Crippen LogP contribution in [0.4, 0.5) is 0 Å². The molecule has 2 heterocycles. The Morgan fingerprint density at radius 1 is 1.43 bits per heavy atom. The molecule has 2 aliphatic rings. The molecule has 0 bridgehead atoms. The number of carbonyl (C=O) groups is 2. The van der Waals surface area contributed by atoms with Gasteiger partial charge in [-0.1, -0.05) is 6.08 Å². The molecular weight excluding hydrogens is 268 g/mol. The van der Waals surface area contributed by atoms with Gasteiger partial charge in [0, 0.05) is 50.6 Å². The number of carbonyl (C=O) groups excluding carboxylic acids is 2. The first-order valence-electron chi connectivity index (χ1n) is 7.26. The topological polar surface area (TPSA) is 67.2 Å². The third-order valence-corrected chi connectivity index (χ3v) is 4.67. The summed E-state index contributed by atoms with van der Waals surface area (Å²) in [6.45, 7) is 0.558. The number of aromatic nitrogens is 2. The Hall–Kier alpha value is -2.11. The van der Waals surface area contributed by atoms with Gasteiger partial charge in [-0.2, -0.15) is 0 Å². The predicted octanol–water partition coefficient (Wildman–Crippen LogP) is 1.07. The second kappa shape index (κ2) is 5.02. The molecule has 1 atom stereocenters. The maximum absolute atomic E-state index is 12.2. The van der Waals surface area contributed by atoms with E-state index in [1.54, 1.807) is 28.9 Å². The molecular formula is C15H20N4O2. The van der Waals surface area contributed by atoms with Crippen LogP contribution in [0.25, 0.3) is 0 Å². The van der Waals surface area contributed by atoms with Crippen molar-refractivity contribution < 1.29 is 9.59 Å². The van der Waals surface area contributed by atoms with Gasteiger partial charge in [0.05, 0.1) is 0 Å². The SMILES string of the molecule is CN1C(=O)CCC2(CNC(=O)c3nccn3C)CCC=C12. The van der Waals surface area contributed by atoms with Crippen LogP contribution < -0.4 is 5.32 Å². The lowest BCUT2D eigenvalue weighted by atomic mass is 9.77. The van der Waals surface area contributed by atoms with Crippen LogP contribution in [0.1, 0.15) is 36.3 Å². The van der Waals surface area contributed by atoms with Crippen LogP contribution >= 0.6 is 0 Å². The number of nitrogens with one attached hydrogen (secondary N) is 1. The van der Waals surface area contributed by atoms with Gasteiger partial charge in [0.2, 0.25) is 5.91 Å². The molecule has 6 nitrogen and oxygen atoms in total. The Morgan fingerprint density at radius 2 is 2.24 bits per heavy atom. The molecule has 1 aliphatic heterocycles. The van der Waals surface area contributed by atoms with Crippen LogP contribution in [0.15, 0.2) is 24.2 Å². The predicted molar refractivity (Wildman–Crippen MR) is 77.3 cm³/mol. The molecule has 0 spiro atoms. The van der Waals surface area contributed by atoms with Crippen molar-refractivity contribution in [1.29, 1.82) is 0 Å². The van der Waals surface area contributed by atoms with Crippen molar-refractivity contribution >= 4 is 11.8 Å². The Morgan fingerprint density at radius 3 is 2.95 bits per heavy atom. The van der Waals surface area contributed by atoms with Gasteiger partial charge in [0.25, 0.3) is 5.91 Å². The number of allylic oxidation sites excluding steroid dienone is 1. The molecule has 2 amide bonds. The Kier molecular flexibility index (Phi) is 3.31. The van der Waals surface area contributed by atoms with Gasteiger partial charge in [-0.15, -0.1) is 0 Å². The summed E-state index contributed by atoms with van der Waals surface area (Å²) in [5.74, 6) is 0.409. The van der Waals surface area contributed by atoms with E-state index in [0.29, 0.717) is 18.8 Å². The lowest BCUT2D eigenvalue weighted by Gasteiger charge is -2.41. The van der Waals surface area contributed by atoms with E-state index in [1.807, 2.05) is 7.05 Å². The number of hydrogen-bond donors (Lipinski definition) is 1. The fraction of sp³-hybridized carbons (Fsp3) is 0.533. The molecule has 1 aromatic rings. The van der Waals surface area contributed by atoms with E-state index in [9.17, 15) is 9.59 Å². The Labute approximate surface area is 123 Å². The summed E-state index contributed by atoms with van der Waals surface area (Å²) in [6.07, 6.45) is 8.80. The highest BCUT2D eigenvalue weighted by atomic mass is 16.2. The molecule has 21 heavy (non-hydrogen) atoms. The number of rotatable bonds is 3. The molecule has 112 valence electrons. The number of nitrogens with zero attached hydrogens (tertiary/aromatic N) is 3. The molecule has 0 radical (unpaired) electrons. The molecule has 6 heteroatoms. The maximum atomic E-state index is 12.2. The molecule has 0 aromatic carbocycles. The number of fused-ring (bicyclic) bond motifs is 1. The van der Waals surface area contributed by atoms with Gasteiger partial charge < -0.3 is 14.8 Å². The van der Waals surface area contributed by atoms with Gasteiger partial charge in [-0.05, 0) is 19.3 Å². The summed E-state index contributed by atoms with van der Waals surface area (Å²) in [5, 5.41) is 2.99. The lowest BCUT2D eigenvalue weighted by molar-refractivity contribution is -0.131. The average Bonchev–Trinajstić information content (AvgIpc) is 3.08. The third kappa shape index (κ3) is 2.24. The number of piperidine rings is 1. The first kappa shape index (κ1) is 13.9. The third-order valence-electron chi connectivity index (χ3n) is 4.67. The zero-order valence-electron chi connectivity index (χ0n) is 12.4. The van der Waals surface area contributed by atoms with Gasteiger partial charge in [-0.25, -0.2) is 4.98 Å². The van der Waals surface area contributed by atoms with E-state index in [1.165, 1.54) is 0 Å². The quantitative estimate of drug-likeness (QED) is 0.904. The Balaban J connectivity index is 1.73. The lowest BCUT2D eigenvalue weighted by Crippen LogP contribution is -2.47. The van der Waals surface area contributed by atoms with Gasteiger partial charge in [0.15, 0.2) is 5.82 Å². The smallest absolute Gasteiger partial charge is 0.287 e. The average molecular weight is 288 g/mol. The summed E-state index contributed by atoms with van der Waals surface area (Å²) in [7, 11) is 3.63. The first-order chi connectivity index (χ1) is 10.0. The second-order valence-corrected chi connectivity index (χ2v) is 5.91. The van der Waals surface area contributed by atoms with E-state index in [2.05, 4.69) is 16.4 Å². The van der Waals surface area contributed by atoms with Crippen LogP contribution in [-0.4, -0.2) is 39.9 Å². The summed E-state index contributed by atoms with van der Waals surface area (Å²) < 4.78 is 1.70. The minimum absolute atomic E-state index is 0.0938. The molecule has 1 N–H and O–H groups in total. The fourth-order valence-electron chi connectivity index (χ4n) is 3.40. The number of amides is 2. The number of aryl methyl sites for hydroxylation is 1. The normalized spacial score (nSPS) is 24.8. The first-order valence-corrected chi connectivity index (χ1v) is 7.26. The van der Waals surface area contributed by atoms with Crippen LogP contribution in [0.3, 0.4) is 0 Å². The molecule has 3 rings (SSSR count). The largest absolute Gasteiger partial charge is 0.348 e. The summed E-state index contributed by atoms with van der Waals surface area (Å²) >= 11 is 0. The zero-order chi connectivity index (χ0) is 15.0. The molecule has 1 fully saturated rings. The molecule has 1 saturated heterocycles. The molecule has 1 unspecified atom stereocenters. The van der Waals surface area contributed by atoms with Gasteiger partial charge >= 0.3 is 0 Å². The maximum Gasteiger partial charge on any atom is 0.287 e. The van der Waals surface area contributed by atoms with E-state index in [0.717, 1.165) is 25.0 Å². The van der Waals surface area contributed by atoms with Gasteiger partial charge in [0.1, 0.15) is 0 Å². The van der Waals surface area contributed by atoms with Crippen LogP contribution in [0.2, 0.25) is 0 Å². The monoisotopic (exact) mass is 288 g/mol. The van der Waals surface area contributed by atoms with Crippen molar-refractivity contribution in [1.82, 2.24) is 19.8 Å². The zero-order valence-corrected chi connectivity index (χ0v) is 12.4. The van der Waals surface area contributed by atoms with E-state index < -0.39 is 0 Å². The van der Waals surface area contributed by atoms with Gasteiger partial charge in [-0.3, -0.25) is 9.59 Å². The van der Waals surface area contributed by atoms with Crippen LogP contribution in [0.5, 0.6) is 0 Å². The van der Waals surface area contributed by atoms with Crippen molar-refractivity contribution in [2.45, 2.75) is 25.7 Å². The molecule has 0 saturated carbocycles. The summed E-state index contributed by atoms with van der Waals surface area (Å²) in [5.41, 5.74) is 0.975. The Bertz CT molecular complexity index is 619. The minimum atomic E-state index is -0.164. The highest BCUT2D eigenvalue weighted by molar-refractivity contribution is 5.90. The van der Waals surface area contributed by atoms with E-state index >= 15 is 0 Å². The molecule has 1 aliphatic carbocycles. The van der Waals surface area contributed by atoms with Crippen molar-refractivity contribution in [2.75, 3.05) is 13.6 Å². The van der Waals surface area contributed by atoms with E-state index in [-0.39, 0.29) is 17.2 Å². The second-order valence-electron chi connectivity index (χ2n) is 5.91. The van der Waals surface area contributed by atoms with Crippen molar-refractivity contribution in [3.05, 3.63) is 30.0 Å². The highest BCUT2D eigenvalue weighted by Crippen LogP contribution is 2.46. The number of likely N-dealkylation sites (tertiary alicyclic amines) is 1. The summed E-state index contributed by atoms with van der Waals surface area (Å²) in [6, 6.07) is 0. The van der Waals surface area contributed by atoms with Crippen molar-refractivity contribution in [3.8, 4) is 0 Å². The number of imidazole rings is 1. The minimum Gasteiger partial charge on any atom is -0.348 e. The number of hydrogen-bond acceptors (Lipinski definition) is 3. The van der Waals surface area contributed by atoms with Crippen molar-refractivity contribution in [2.24, 2.45) is 12.5 Å². The fourth-order valence-corrected chi connectivity index (χ4v) is 3.40. The summed E-state index contributed by atoms with van der Waals surface area (Å²) in [4.78, 5) is 29.9. The molecule has 1 aromatic heterocycles. The standard InChI is InChI=1S/C15H20N4O2/c1-18-9-8-16-13(18)14(21)17-10-15-6-3-4-11(15)19(2)12(20)5-7-15/h4,8-9H,3,5-7,10H2,1-2H3,(H,17,21). The van der Waals surface area contributed by atoms with E-state index in [4.69, 9.17) is 0 Å². The highest BCUT2D eigenvalue weighted by Gasteiger charge is 2.44. The van der Waals surface area contributed by atoms with Crippen LogP contribution in [-0.2, 0) is 11.8 Å².